The van der Waals surface area contributed by atoms with Crippen LogP contribution in [0.1, 0.15) is 19.4 Å². The number of benzene rings is 2. The average Bonchev–Trinajstić information content (AvgIpc) is 3.24. The van der Waals surface area contributed by atoms with Crippen molar-refractivity contribution < 1.29 is 8.42 Å². The molecule has 0 aliphatic heterocycles. The van der Waals surface area contributed by atoms with Crippen LogP contribution in [0, 0.1) is 0 Å². The van der Waals surface area contributed by atoms with Crippen LogP contribution in [0.4, 0.5) is 10.8 Å². The number of aromatic nitrogens is 1. The smallest absolute Gasteiger partial charge is 0.243 e. The third kappa shape index (κ3) is 5.49. The second-order valence-corrected chi connectivity index (χ2v) is 9.80. The zero-order valence-electron chi connectivity index (χ0n) is 18.1. The summed E-state index contributed by atoms with van der Waals surface area (Å²) in [7, 11) is 0.545. The maximum absolute atomic E-state index is 12.6. The van der Waals surface area contributed by atoms with E-state index in [1.165, 1.54) is 15.6 Å². The molecule has 1 heterocycles. The van der Waals surface area contributed by atoms with Crippen LogP contribution in [0.15, 0.2) is 63.9 Å². The van der Waals surface area contributed by atoms with Crippen LogP contribution in [0.2, 0.25) is 0 Å². The van der Waals surface area contributed by atoms with Gasteiger partial charge in [-0.25, -0.2) is 13.4 Å². The Morgan fingerprint density at radius 1 is 1.03 bits per heavy atom. The summed E-state index contributed by atoms with van der Waals surface area (Å²) in [6.45, 7) is 4.56. The summed E-state index contributed by atoms with van der Waals surface area (Å²) in [4.78, 5) is 6.87. The van der Waals surface area contributed by atoms with Crippen molar-refractivity contribution in [1.82, 2.24) is 9.29 Å². The van der Waals surface area contributed by atoms with E-state index in [0.29, 0.717) is 23.1 Å². The lowest BCUT2D eigenvalue weighted by atomic mass is 10.2. The first kappa shape index (κ1) is 22.9. The number of hydrogen-bond acceptors (Lipinski definition) is 7. The van der Waals surface area contributed by atoms with Gasteiger partial charge in [-0.2, -0.15) is 9.41 Å². The van der Waals surface area contributed by atoms with Crippen molar-refractivity contribution in [3.63, 3.8) is 0 Å². The number of anilines is 2. The summed E-state index contributed by atoms with van der Waals surface area (Å²) in [5, 5.41) is 6.83. The summed E-state index contributed by atoms with van der Waals surface area (Å²) < 4.78 is 26.7. The molecule has 9 heteroatoms. The second-order valence-electron chi connectivity index (χ2n) is 7.01. The van der Waals surface area contributed by atoms with Crippen LogP contribution >= 0.6 is 11.3 Å². The molecule has 0 aliphatic rings. The monoisotopic (exact) mass is 457 g/mol. The quantitative estimate of drug-likeness (QED) is 0.382. The fourth-order valence-electron chi connectivity index (χ4n) is 2.99. The molecule has 1 N–H and O–H groups in total. The minimum atomic E-state index is -3.46. The Balaban J connectivity index is 1.66. The topological polar surface area (TPSA) is 77.9 Å². The van der Waals surface area contributed by atoms with E-state index in [4.69, 9.17) is 0 Å². The fourth-order valence-corrected chi connectivity index (χ4v) is 5.12. The number of hydrazone groups is 1. The van der Waals surface area contributed by atoms with E-state index in [2.05, 4.69) is 15.5 Å². The van der Waals surface area contributed by atoms with Crippen LogP contribution in [0.5, 0.6) is 0 Å². The van der Waals surface area contributed by atoms with Gasteiger partial charge in [0.1, 0.15) is 0 Å². The number of nitrogens with one attached hydrogen (secondary N) is 1. The SMILES string of the molecule is CCN(CC)S(=O)(=O)c1ccc(-c2csc(N/N=C\c3ccc(N(C)C)cc3)n2)cc1. The van der Waals surface area contributed by atoms with Gasteiger partial charge in [0, 0.05) is 43.8 Å². The van der Waals surface area contributed by atoms with E-state index in [0.717, 1.165) is 22.5 Å². The molecule has 0 fully saturated rings. The highest BCUT2D eigenvalue weighted by atomic mass is 32.2. The van der Waals surface area contributed by atoms with Gasteiger partial charge in [0.25, 0.3) is 0 Å². The highest BCUT2D eigenvalue weighted by Crippen LogP contribution is 2.26. The predicted molar refractivity (Wildman–Crippen MR) is 130 cm³/mol. The van der Waals surface area contributed by atoms with Crippen LogP contribution in [0.3, 0.4) is 0 Å². The van der Waals surface area contributed by atoms with Crippen molar-refractivity contribution in [1.29, 1.82) is 0 Å². The normalized spacial score (nSPS) is 11.9. The average molecular weight is 458 g/mol. The molecule has 0 bridgehead atoms. The van der Waals surface area contributed by atoms with Crippen LogP contribution in [-0.4, -0.2) is 51.1 Å². The number of nitrogens with zero attached hydrogens (tertiary/aromatic N) is 4. The molecule has 2 aromatic carbocycles. The summed E-state index contributed by atoms with van der Waals surface area (Å²) in [5.41, 5.74) is 6.69. The second kappa shape index (κ2) is 10.0. The lowest BCUT2D eigenvalue weighted by molar-refractivity contribution is 0.445. The van der Waals surface area contributed by atoms with Gasteiger partial charge in [0.2, 0.25) is 15.2 Å². The Morgan fingerprint density at radius 3 is 2.26 bits per heavy atom. The minimum Gasteiger partial charge on any atom is -0.378 e. The van der Waals surface area contributed by atoms with Crippen LogP contribution in [-0.2, 0) is 10.0 Å². The maximum Gasteiger partial charge on any atom is 0.243 e. The summed E-state index contributed by atoms with van der Waals surface area (Å²) in [6.07, 6.45) is 1.74. The molecule has 0 aliphatic carbocycles. The van der Waals surface area contributed by atoms with E-state index >= 15 is 0 Å². The van der Waals surface area contributed by atoms with Gasteiger partial charge in [-0.15, -0.1) is 11.3 Å². The standard InChI is InChI=1S/C22H27N5O2S2/c1-5-27(6-2)31(28,29)20-13-9-18(10-14-20)21-16-30-22(24-21)25-23-15-17-7-11-19(12-8-17)26(3)4/h7-16H,5-6H2,1-4H3,(H,24,25)/b23-15-. The van der Waals surface area contributed by atoms with Gasteiger partial charge in [-0.1, -0.05) is 38.1 Å². The zero-order valence-corrected chi connectivity index (χ0v) is 19.7. The van der Waals surface area contributed by atoms with E-state index in [1.54, 1.807) is 30.5 Å². The Bertz CT molecular complexity index is 1120. The number of hydrogen-bond donors (Lipinski definition) is 1. The molecule has 164 valence electrons. The van der Waals surface area contributed by atoms with Crippen molar-refractivity contribution >= 4 is 38.4 Å². The first-order valence-electron chi connectivity index (χ1n) is 9.97. The van der Waals surface area contributed by atoms with Crippen LogP contribution < -0.4 is 10.3 Å². The lowest BCUT2D eigenvalue weighted by Gasteiger charge is -2.18. The van der Waals surface area contributed by atoms with E-state index in [-0.39, 0.29) is 0 Å². The summed E-state index contributed by atoms with van der Waals surface area (Å²) in [5.74, 6) is 0. The number of thiazole rings is 1. The lowest BCUT2D eigenvalue weighted by Crippen LogP contribution is -2.30. The van der Waals surface area contributed by atoms with Gasteiger partial charge in [-0.3, -0.25) is 5.43 Å². The zero-order chi connectivity index (χ0) is 22.4. The fraction of sp³-hybridized carbons (Fsp3) is 0.273. The Morgan fingerprint density at radius 2 is 1.68 bits per heavy atom. The Hall–Kier alpha value is -2.75. The van der Waals surface area contributed by atoms with Crippen molar-refractivity contribution in [3.8, 4) is 11.3 Å². The first-order chi connectivity index (χ1) is 14.8. The van der Waals surface area contributed by atoms with Gasteiger partial charge < -0.3 is 4.90 Å². The van der Waals surface area contributed by atoms with Gasteiger partial charge in [0.15, 0.2) is 0 Å². The highest BCUT2D eigenvalue weighted by Gasteiger charge is 2.21. The van der Waals surface area contributed by atoms with Gasteiger partial charge in [-0.05, 0) is 29.8 Å². The molecule has 0 spiro atoms. The molecule has 3 aromatic rings. The number of rotatable bonds is 9. The highest BCUT2D eigenvalue weighted by molar-refractivity contribution is 7.89. The molecule has 0 saturated carbocycles. The molecule has 0 unspecified atom stereocenters. The molecule has 7 nitrogen and oxygen atoms in total. The minimum absolute atomic E-state index is 0.290. The van der Waals surface area contributed by atoms with Crippen molar-refractivity contribution in [2.24, 2.45) is 5.10 Å². The molecule has 0 radical (unpaired) electrons. The van der Waals surface area contributed by atoms with Crippen molar-refractivity contribution in [3.05, 3.63) is 59.5 Å². The largest absolute Gasteiger partial charge is 0.378 e. The summed E-state index contributed by atoms with van der Waals surface area (Å²) >= 11 is 1.44. The van der Waals surface area contributed by atoms with E-state index < -0.39 is 10.0 Å². The third-order valence-corrected chi connectivity index (χ3v) is 7.59. The van der Waals surface area contributed by atoms with Crippen LogP contribution in [0.25, 0.3) is 11.3 Å². The van der Waals surface area contributed by atoms with Crippen molar-refractivity contribution in [2.75, 3.05) is 37.5 Å². The van der Waals surface area contributed by atoms with Crippen molar-refractivity contribution in [2.45, 2.75) is 18.7 Å². The Labute approximate surface area is 188 Å². The maximum atomic E-state index is 12.6. The molecular weight excluding hydrogens is 430 g/mol. The van der Waals surface area contributed by atoms with E-state index in [9.17, 15) is 8.42 Å². The molecule has 31 heavy (non-hydrogen) atoms. The summed E-state index contributed by atoms with van der Waals surface area (Å²) in [6, 6.07) is 14.9. The first-order valence-corrected chi connectivity index (χ1v) is 12.3. The van der Waals surface area contributed by atoms with Gasteiger partial charge >= 0.3 is 0 Å². The molecule has 0 amide bonds. The molecule has 0 saturated heterocycles. The molecule has 3 rings (SSSR count). The molecule has 1 aromatic heterocycles. The van der Waals surface area contributed by atoms with Gasteiger partial charge in [0.05, 0.1) is 16.8 Å². The molecular formula is C22H27N5O2S2. The predicted octanol–water partition coefficient (Wildman–Crippen LogP) is 4.35. The third-order valence-electron chi connectivity index (χ3n) is 4.78. The Kier molecular flexibility index (Phi) is 7.42. The number of sulfonamides is 1. The van der Waals surface area contributed by atoms with E-state index in [1.807, 2.05) is 62.5 Å². The molecule has 0 atom stereocenters.